The first kappa shape index (κ1) is 10.8. The number of nitrogens with one attached hydrogen (secondary N) is 1. The van der Waals surface area contributed by atoms with E-state index < -0.39 is 0 Å². The summed E-state index contributed by atoms with van der Waals surface area (Å²) in [7, 11) is 1.67. The predicted octanol–water partition coefficient (Wildman–Crippen LogP) is 1.36. The van der Waals surface area contributed by atoms with Crippen molar-refractivity contribution in [3.05, 3.63) is 18.7 Å². The van der Waals surface area contributed by atoms with Crippen LogP contribution < -0.4 is 5.32 Å². The van der Waals surface area contributed by atoms with E-state index >= 15 is 0 Å². The lowest BCUT2D eigenvalue weighted by Gasteiger charge is -2.16. The highest BCUT2D eigenvalue weighted by molar-refractivity contribution is 5.75. The molecule has 1 atom stereocenters. The van der Waals surface area contributed by atoms with Gasteiger partial charge in [-0.1, -0.05) is 13.3 Å². The zero-order valence-electron chi connectivity index (χ0n) is 8.73. The molecule has 1 amide bonds. The predicted molar refractivity (Wildman–Crippen MR) is 54.9 cm³/mol. The zero-order valence-corrected chi connectivity index (χ0v) is 8.73. The summed E-state index contributed by atoms with van der Waals surface area (Å²) < 4.78 is 2.00. The third kappa shape index (κ3) is 2.87. The van der Waals surface area contributed by atoms with Crippen molar-refractivity contribution in [3.63, 3.8) is 0 Å². The molecule has 0 aliphatic heterocycles. The fourth-order valence-electron chi connectivity index (χ4n) is 1.49. The monoisotopic (exact) mass is 195 g/mol. The molecular formula is C10H17N3O. The number of aromatic nitrogens is 2. The Bertz CT molecular complexity index is 269. The van der Waals surface area contributed by atoms with Crippen LogP contribution in [-0.4, -0.2) is 22.5 Å². The van der Waals surface area contributed by atoms with Crippen molar-refractivity contribution < 1.29 is 4.79 Å². The fraction of sp³-hybridized carbons (Fsp3) is 0.600. The van der Waals surface area contributed by atoms with Gasteiger partial charge in [0.05, 0.1) is 6.33 Å². The number of rotatable bonds is 5. The number of amides is 1. The quantitative estimate of drug-likeness (QED) is 0.771. The lowest BCUT2D eigenvalue weighted by Crippen LogP contribution is -2.22. The summed E-state index contributed by atoms with van der Waals surface area (Å²) in [5.74, 6) is 0.0807. The van der Waals surface area contributed by atoms with Crippen molar-refractivity contribution >= 4 is 5.91 Å². The molecule has 1 unspecified atom stereocenters. The lowest BCUT2D eigenvalue weighted by atomic mass is 10.1. The molecule has 1 heterocycles. The standard InChI is InChI=1S/C10H17N3O/c1-3-4-9(7-10(14)11-2)13-6-5-12-8-13/h5-6,8-9H,3-4,7H2,1-2H3,(H,11,14). The van der Waals surface area contributed by atoms with Crippen LogP contribution in [0.3, 0.4) is 0 Å². The molecule has 0 saturated carbocycles. The van der Waals surface area contributed by atoms with E-state index in [2.05, 4.69) is 17.2 Å². The minimum Gasteiger partial charge on any atom is -0.359 e. The zero-order chi connectivity index (χ0) is 10.4. The van der Waals surface area contributed by atoms with E-state index in [4.69, 9.17) is 0 Å². The summed E-state index contributed by atoms with van der Waals surface area (Å²) in [5.41, 5.74) is 0. The molecule has 4 heteroatoms. The number of carbonyl (C=O) groups is 1. The average Bonchev–Trinajstić information content (AvgIpc) is 2.69. The first-order valence-corrected chi connectivity index (χ1v) is 4.96. The van der Waals surface area contributed by atoms with Gasteiger partial charge in [-0.3, -0.25) is 4.79 Å². The SMILES string of the molecule is CCCC(CC(=O)NC)n1ccnc1. The van der Waals surface area contributed by atoms with Crippen molar-refractivity contribution in [1.29, 1.82) is 0 Å². The van der Waals surface area contributed by atoms with Crippen molar-refractivity contribution in [2.24, 2.45) is 0 Å². The molecule has 1 aromatic heterocycles. The van der Waals surface area contributed by atoms with Gasteiger partial charge in [-0.2, -0.15) is 0 Å². The second-order valence-corrected chi connectivity index (χ2v) is 3.33. The van der Waals surface area contributed by atoms with Crippen molar-refractivity contribution in [2.75, 3.05) is 7.05 Å². The van der Waals surface area contributed by atoms with Crippen LogP contribution in [0.4, 0.5) is 0 Å². The van der Waals surface area contributed by atoms with Crippen LogP contribution in [0.2, 0.25) is 0 Å². The maximum Gasteiger partial charge on any atom is 0.221 e. The minimum absolute atomic E-state index is 0.0807. The van der Waals surface area contributed by atoms with Crippen molar-refractivity contribution in [3.8, 4) is 0 Å². The molecule has 0 aliphatic rings. The molecule has 4 nitrogen and oxygen atoms in total. The van der Waals surface area contributed by atoms with Gasteiger partial charge < -0.3 is 9.88 Å². The molecule has 14 heavy (non-hydrogen) atoms. The topological polar surface area (TPSA) is 46.9 Å². The first-order chi connectivity index (χ1) is 6.77. The van der Waals surface area contributed by atoms with E-state index in [1.165, 1.54) is 0 Å². The molecule has 0 aliphatic carbocycles. The number of nitrogens with zero attached hydrogens (tertiary/aromatic N) is 2. The fourth-order valence-corrected chi connectivity index (χ4v) is 1.49. The summed E-state index contributed by atoms with van der Waals surface area (Å²) in [4.78, 5) is 15.2. The van der Waals surface area contributed by atoms with Gasteiger partial charge in [0.1, 0.15) is 0 Å². The van der Waals surface area contributed by atoms with Crippen LogP contribution in [0.15, 0.2) is 18.7 Å². The molecule has 0 bridgehead atoms. The third-order valence-corrected chi connectivity index (χ3v) is 2.27. The van der Waals surface area contributed by atoms with E-state index in [-0.39, 0.29) is 11.9 Å². The summed E-state index contributed by atoms with van der Waals surface area (Å²) >= 11 is 0. The second-order valence-electron chi connectivity index (χ2n) is 3.33. The Labute approximate surface area is 84.3 Å². The Morgan fingerprint density at radius 1 is 1.64 bits per heavy atom. The van der Waals surface area contributed by atoms with E-state index in [1.807, 2.05) is 10.8 Å². The average molecular weight is 195 g/mol. The maximum absolute atomic E-state index is 11.2. The highest BCUT2D eigenvalue weighted by atomic mass is 16.1. The van der Waals surface area contributed by atoms with Gasteiger partial charge in [-0.05, 0) is 6.42 Å². The number of hydrogen-bond donors (Lipinski definition) is 1. The smallest absolute Gasteiger partial charge is 0.221 e. The lowest BCUT2D eigenvalue weighted by molar-refractivity contribution is -0.121. The molecule has 0 aromatic carbocycles. The van der Waals surface area contributed by atoms with Gasteiger partial charge >= 0.3 is 0 Å². The van der Waals surface area contributed by atoms with E-state index in [9.17, 15) is 4.79 Å². The Morgan fingerprint density at radius 2 is 2.43 bits per heavy atom. The normalized spacial score (nSPS) is 12.4. The Kier molecular flexibility index (Phi) is 4.16. The van der Waals surface area contributed by atoms with E-state index in [0.29, 0.717) is 6.42 Å². The van der Waals surface area contributed by atoms with Gasteiger partial charge in [0, 0.05) is 31.9 Å². The molecule has 1 rings (SSSR count). The van der Waals surface area contributed by atoms with E-state index in [0.717, 1.165) is 12.8 Å². The molecule has 0 radical (unpaired) electrons. The van der Waals surface area contributed by atoms with Gasteiger partial charge in [0.25, 0.3) is 0 Å². The van der Waals surface area contributed by atoms with Gasteiger partial charge in [0.15, 0.2) is 0 Å². The molecule has 0 spiro atoms. The van der Waals surface area contributed by atoms with Crippen molar-refractivity contribution in [1.82, 2.24) is 14.9 Å². The van der Waals surface area contributed by atoms with Crippen LogP contribution in [0.1, 0.15) is 32.2 Å². The maximum atomic E-state index is 11.2. The van der Waals surface area contributed by atoms with Crippen LogP contribution in [0.5, 0.6) is 0 Å². The second kappa shape index (κ2) is 5.42. The minimum atomic E-state index is 0.0807. The summed E-state index contributed by atoms with van der Waals surface area (Å²) in [6.45, 7) is 2.12. The number of imidazole rings is 1. The highest BCUT2D eigenvalue weighted by Crippen LogP contribution is 2.17. The molecule has 0 fully saturated rings. The van der Waals surface area contributed by atoms with Gasteiger partial charge in [-0.15, -0.1) is 0 Å². The molecular weight excluding hydrogens is 178 g/mol. The Balaban J connectivity index is 2.60. The Morgan fingerprint density at radius 3 is 2.93 bits per heavy atom. The summed E-state index contributed by atoms with van der Waals surface area (Å²) in [5, 5.41) is 2.64. The molecule has 1 aromatic rings. The van der Waals surface area contributed by atoms with Gasteiger partial charge in [-0.25, -0.2) is 4.98 Å². The Hall–Kier alpha value is -1.32. The van der Waals surface area contributed by atoms with Crippen LogP contribution in [0, 0.1) is 0 Å². The summed E-state index contributed by atoms with van der Waals surface area (Å²) in [6.07, 6.45) is 8.02. The molecule has 78 valence electrons. The van der Waals surface area contributed by atoms with E-state index in [1.54, 1.807) is 19.6 Å². The number of carbonyl (C=O) groups excluding carboxylic acids is 1. The molecule has 1 N–H and O–H groups in total. The molecule has 0 saturated heterocycles. The van der Waals surface area contributed by atoms with Gasteiger partial charge in [0.2, 0.25) is 5.91 Å². The van der Waals surface area contributed by atoms with Crippen LogP contribution in [-0.2, 0) is 4.79 Å². The highest BCUT2D eigenvalue weighted by Gasteiger charge is 2.12. The first-order valence-electron chi connectivity index (χ1n) is 4.96. The van der Waals surface area contributed by atoms with Crippen LogP contribution in [0.25, 0.3) is 0 Å². The van der Waals surface area contributed by atoms with Crippen LogP contribution >= 0.6 is 0 Å². The van der Waals surface area contributed by atoms with Crippen molar-refractivity contribution in [2.45, 2.75) is 32.2 Å². The largest absolute Gasteiger partial charge is 0.359 e. The third-order valence-electron chi connectivity index (χ3n) is 2.27. The number of hydrogen-bond acceptors (Lipinski definition) is 2. The summed E-state index contributed by atoms with van der Waals surface area (Å²) in [6, 6.07) is 0.238.